The molecule has 1 N–H and O–H groups in total. The van der Waals surface area contributed by atoms with Gasteiger partial charge in [0.2, 0.25) is 0 Å². The first kappa shape index (κ1) is 15.6. The van der Waals surface area contributed by atoms with E-state index in [0.29, 0.717) is 12.0 Å². The van der Waals surface area contributed by atoms with Gasteiger partial charge in [-0.1, -0.05) is 6.92 Å². The van der Waals surface area contributed by atoms with Gasteiger partial charge in [-0.25, -0.2) is 0 Å². The number of ether oxygens (including phenoxy) is 2. The van der Waals surface area contributed by atoms with Crippen molar-refractivity contribution in [2.75, 3.05) is 38.4 Å². The second-order valence-corrected chi connectivity index (χ2v) is 7.14. The Morgan fingerprint density at radius 3 is 2.89 bits per heavy atom. The molecule has 0 aliphatic carbocycles. The highest BCUT2D eigenvalue weighted by Gasteiger charge is 2.40. The van der Waals surface area contributed by atoms with Gasteiger partial charge in [-0.15, -0.1) is 0 Å². The summed E-state index contributed by atoms with van der Waals surface area (Å²) in [4.78, 5) is 0. The molecule has 0 radical (unpaired) electrons. The van der Waals surface area contributed by atoms with E-state index in [1.807, 2.05) is 7.11 Å². The lowest BCUT2D eigenvalue weighted by molar-refractivity contribution is -0.110. The quantitative estimate of drug-likeness (QED) is 0.813. The maximum absolute atomic E-state index is 6.19. The molecule has 4 heteroatoms. The van der Waals surface area contributed by atoms with Crippen LogP contribution in [0, 0.1) is 5.92 Å². The maximum Gasteiger partial charge on any atom is 0.0701 e. The highest BCUT2D eigenvalue weighted by atomic mass is 32.2. The summed E-state index contributed by atoms with van der Waals surface area (Å²) in [6, 6.07) is 0.500. The largest absolute Gasteiger partial charge is 0.383 e. The van der Waals surface area contributed by atoms with Crippen LogP contribution in [0.15, 0.2) is 0 Å². The first-order valence-electron chi connectivity index (χ1n) is 7.74. The number of hydrogen-bond acceptors (Lipinski definition) is 4. The minimum atomic E-state index is 0.189. The summed E-state index contributed by atoms with van der Waals surface area (Å²) in [6.45, 7) is 5.08. The molecule has 1 spiro atoms. The van der Waals surface area contributed by atoms with Gasteiger partial charge in [0.25, 0.3) is 0 Å². The molecule has 0 aromatic rings. The summed E-state index contributed by atoms with van der Waals surface area (Å²) in [5.74, 6) is 3.25. The van der Waals surface area contributed by atoms with Crippen LogP contribution in [0.25, 0.3) is 0 Å². The minimum absolute atomic E-state index is 0.189. The molecular weight excluding hydrogens is 258 g/mol. The normalized spacial score (nSPS) is 28.4. The summed E-state index contributed by atoms with van der Waals surface area (Å²) in [7, 11) is 1.81. The average molecular weight is 287 g/mol. The lowest BCUT2D eigenvalue weighted by Crippen LogP contribution is -2.50. The second-order valence-electron chi connectivity index (χ2n) is 5.91. The molecule has 0 amide bonds. The number of thioether (sulfide) groups is 1. The lowest BCUT2D eigenvalue weighted by Gasteiger charge is -2.45. The third-order valence-corrected chi connectivity index (χ3v) is 5.49. The fourth-order valence-electron chi connectivity index (χ4n) is 3.37. The third kappa shape index (κ3) is 4.35. The van der Waals surface area contributed by atoms with E-state index in [2.05, 4.69) is 24.0 Å². The van der Waals surface area contributed by atoms with E-state index in [4.69, 9.17) is 9.47 Å². The van der Waals surface area contributed by atoms with Crippen LogP contribution in [0.4, 0.5) is 0 Å². The topological polar surface area (TPSA) is 30.5 Å². The molecule has 2 rings (SSSR count). The summed E-state index contributed by atoms with van der Waals surface area (Å²) in [5, 5.41) is 3.68. The van der Waals surface area contributed by atoms with Gasteiger partial charge in [0.1, 0.15) is 0 Å². The van der Waals surface area contributed by atoms with Gasteiger partial charge < -0.3 is 14.8 Å². The predicted octanol–water partition coefficient (Wildman–Crippen LogP) is 2.69. The molecule has 0 aromatic heterocycles. The number of hydrogen-bond donors (Lipinski definition) is 1. The molecule has 2 aliphatic heterocycles. The SMILES string of the molecule is CCCNC(COC)C1CCOC2(CCSCC2)C1. The Balaban J connectivity index is 1.93. The summed E-state index contributed by atoms with van der Waals surface area (Å²) >= 11 is 2.08. The highest BCUT2D eigenvalue weighted by molar-refractivity contribution is 7.99. The third-order valence-electron chi connectivity index (χ3n) is 4.51. The Bertz CT molecular complexity index is 251. The molecule has 112 valence electrons. The monoisotopic (exact) mass is 287 g/mol. The highest BCUT2D eigenvalue weighted by Crippen LogP contribution is 2.40. The molecule has 0 bridgehead atoms. The van der Waals surface area contributed by atoms with E-state index in [1.165, 1.54) is 43.6 Å². The van der Waals surface area contributed by atoms with Gasteiger partial charge >= 0.3 is 0 Å². The fraction of sp³-hybridized carbons (Fsp3) is 1.00. The molecule has 2 unspecified atom stereocenters. The van der Waals surface area contributed by atoms with Gasteiger partial charge in [0.15, 0.2) is 0 Å². The smallest absolute Gasteiger partial charge is 0.0701 e. The van der Waals surface area contributed by atoms with E-state index in [1.54, 1.807) is 0 Å². The minimum Gasteiger partial charge on any atom is -0.383 e. The number of rotatable bonds is 6. The molecule has 2 fully saturated rings. The van der Waals surface area contributed by atoms with Crippen molar-refractivity contribution in [1.82, 2.24) is 5.32 Å². The van der Waals surface area contributed by atoms with Crippen molar-refractivity contribution >= 4 is 11.8 Å². The zero-order valence-electron chi connectivity index (χ0n) is 12.5. The van der Waals surface area contributed by atoms with E-state index in [-0.39, 0.29) is 5.60 Å². The van der Waals surface area contributed by atoms with Crippen molar-refractivity contribution in [1.29, 1.82) is 0 Å². The summed E-state index contributed by atoms with van der Waals surface area (Å²) in [6.07, 6.45) is 6.06. The van der Waals surface area contributed by atoms with Crippen molar-refractivity contribution < 1.29 is 9.47 Å². The van der Waals surface area contributed by atoms with E-state index in [9.17, 15) is 0 Å². The van der Waals surface area contributed by atoms with Crippen LogP contribution in [0.2, 0.25) is 0 Å². The van der Waals surface area contributed by atoms with E-state index < -0.39 is 0 Å². The number of methoxy groups -OCH3 is 1. The van der Waals surface area contributed by atoms with Crippen LogP contribution in [0.3, 0.4) is 0 Å². The van der Waals surface area contributed by atoms with Gasteiger partial charge in [-0.05, 0) is 56.1 Å². The Morgan fingerprint density at radius 1 is 1.42 bits per heavy atom. The first-order valence-corrected chi connectivity index (χ1v) is 8.89. The molecule has 0 saturated carbocycles. The van der Waals surface area contributed by atoms with Gasteiger partial charge in [-0.2, -0.15) is 11.8 Å². The van der Waals surface area contributed by atoms with Crippen LogP contribution < -0.4 is 5.32 Å². The molecule has 2 heterocycles. The average Bonchev–Trinajstić information content (AvgIpc) is 2.44. The molecule has 2 atom stereocenters. The van der Waals surface area contributed by atoms with Crippen LogP contribution in [0.1, 0.15) is 39.0 Å². The predicted molar refractivity (Wildman–Crippen MR) is 81.9 cm³/mol. The number of nitrogens with one attached hydrogen (secondary N) is 1. The van der Waals surface area contributed by atoms with Crippen LogP contribution in [0.5, 0.6) is 0 Å². The van der Waals surface area contributed by atoms with E-state index >= 15 is 0 Å². The van der Waals surface area contributed by atoms with Gasteiger partial charge in [-0.3, -0.25) is 0 Å². The van der Waals surface area contributed by atoms with Gasteiger partial charge in [0.05, 0.1) is 12.2 Å². The zero-order valence-corrected chi connectivity index (χ0v) is 13.3. The Morgan fingerprint density at radius 2 is 2.21 bits per heavy atom. The van der Waals surface area contributed by atoms with Crippen molar-refractivity contribution in [2.45, 2.75) is 50.7 Å². The first-order chi connectivity index (χ1) is 9.29. The van der Waals surface area contributed by atoms with Crippen molar-refractivity contribution in [3.05, 3.63) is 0 Å². The lowest BCUT2D eigenvalue weighted by atomic mass is 9.78. The van der Waals surface area contributed by atoms with Gasteiger partial charge in [0, 0.05) is 19.8 Å². The van der Waals surface area contributed by atoms with Crippen molar-refractivity contribution in [2.24, 2.45) is 5.92 Å². The zero-order chi connectivity index (χ0) is 13.6. The van der Waals surface area contributed by atoms with E-state index in [0.717, 1.165) is 19.8 Å². The van der Waals surface area contributed by atoms with Crippen molar-refractivity contribution in [3.8, 4) is 0 Å². The van der Waals surface area contributed by atoms with Crippen molar-refractivity contribution in [3.63, 3.8) is 0 Å². The molecular formula is C15H29NO2S. The Hall–Kier alpha value is 0.230. The molecule has 0 aromatic carbocycles. The molecule has 2 saturated heterocycles. The van der Waals surface area contributed by atoms with Crippen LogP contribution >= 0.6 is 11.8 Å². The van der Waals surface area contributed by atoms with Crippen LogP contribution in [-0.4, -0.2) is 50.0 Å². The standard InChI is InChI=1S/C15H29NO2S/c1-3-7-16-14(12-17-2)13-4-8-18-15(11-13)5-9-19-10-6-15/h13-14,16H,3-12H2,1-2H3. The Labute approximate surface area is 122 Å². The molecule has 3 nitrogen and oxygen atoms in total. The molecule has 2 aliphatic rings. The Kier molecular flexibility index (Phi) is 6.46. The van der Waals surface area contributed by atoms with Crippen LogP contribution in [-0.2, 0) is 9.47 Å². The second kappa shape index (κ2) is 7.87. The summed E-state index contributed by atoms with van der Waals surface area (Å²) in [5.41, 5.74) is 0.189. The summed E-state index contributed by atoms with van der Waals surface area (Å²) < 4.78 is 11.6. The maximum atomic E-state index is 6.19. The fourth-order valence-corrected chi connectivity index (χ4v) is 4.61. The molecule has 19 heavy (non-hydrogen) atoms.